The molecule has 0 radical (unpaired) electrons. The predicted molar refractivity (Wildman–Crippen MR) is 45.8 cm³/mol. The smallest absolute Gasteiger partial charge is 0.0906 e. The largest absolute Gasteiger partial charge is 0.396 e. The molecule has 0 amide bonds. The Morgan fingerprint density at radius 3 is 2.67 bits per heavy atom. The molecular weight excluding hydrogens is 156 g/mol. The van der Waals surface area contributed by atoms with Gasteiger partial charge in [0.15, 0.2) is 0 Å². The summed E-state index contributed by atoms with van der Waals surface area (Å²) in [6.45, 7) is 4.57. The summed E-state index contributed by atoms with van der Waals surface area (Å²) < 4.78 is 5.44. The first-order valence-electron chi connectivity index (χ1n) is 4.48. The van der Waals surface area contributed by atoms with E-state index in [0.717, 1.165) is 12.8 Å². The standard InChI is InChI=1S/C9H18O3/c1-9(2,6-10)8-7(11)4-3-5-12-8/h7-8,10-11H,3-6H2,1-2H3. The zero-order chi connectivity index (χ0) is 9.19. The molecule has 1 rings (SSSR count). The minimum Gasteiger partial charge on any atom is -0.396 e. The minimum absolute atomic E-state index is 0.0503. The summed E-state index contributed by atoms with van der Waals surface area (Å²) >= 11 is 0. The normalized spacial score (nSPS) is 32.0. The molecule has 0 aromatic carbocycles. The van der Waals surface area contributed by atoms with Gasteiger partial charge in [0.1, 0.15) is 0 Å². The van der Waals surface area contributed by atoms with Crippen molar-refractivity contribution in [3.05, 3.63) is 0 Å². The van der Waals surface area contributed by atoms with E-state index in [4.69, 9.17) is 9.84 Å². The Balaban J connectivity index is 2.58. The van der Waals surface area contributed by atoms with Gasteiger partial charge in [-0.15, -0.1) is 0 Å². The molecule has 0 saturated carbocycles. The number of aliphatic hydroxyl groups excluding tert-OH is 2. The molecule has 3 nitrogen and oxygen atoms in total. The molecule has 1 aliphatic heterocycles. The van der Waals surface area contributed by atoms with Crippen molar-refractivity contribution in [3.63, 3.8) is 0 Å². The topological polar surface area (TPSA) is 49.7 Å². The predicted octanol–water partition coefficient (Wildman–Crippen LogP) is 0.545. The van der Waals surface area contributed by atoms with Crippen LogP contribution in [0.25, 0.3) is 0 Å². The highest BCUT2D eigenvalue weighted by atomic mass is 16.5. The van der Waals surface area contributed by atoms with Gasteiger partial charge in [0, 0.05) is 12.0 Å². The molecular formula is C9H18O3. The molecule has 1 heterocycles. The summed E-state index contributed by atoms with van der Waals surface area (Å²) in [5, 5.41) is 18.7. The van der Waals surface area contributed by atoms with Crippen molar-refractivity contribution < 1.29 is 14.9 Å². The first kappa shape index (κ1) is 9.96. The molecule has 72 valence electrons. The van der Waals surface area contributed by atoms with Gasteiger partial charge in [0.05, 0.1) is 18.8 Å². The molecule has 3 heteroatoms. The van der Waals surface area contributed by atoms with E-state index in [1.807, 2.05) is 13.8 Å². The van der Waals surface area contributed by atoms with Gasteiger partial charge in [-0.2, -0.15) is 0 Å². The van der Waals surface area contributed by atoms with Crippen LogP contribution in [0.5, 0.6) is 0 Å². The molecule has 12 heavy (non-hydrogen) atoms. The van der Waals surface area contributed by atoms with Crippen LogP contribution in [0.4, 0.5) is 0 Å². The third kappa shape index (κ3) is 1.97. The number of aliphatic hydroxyl groups is 2. The highest BCUT2D eigenvalue weighted by Crippen LogP contribution is 2.29. The summed E-state index contributed by atoms with van der Waals surface area (Å²) in [6, 6.07) is 0. The number of hydrogen-bond acceptors (Lipinski definition) is 3. The highest BCUT2D eigenvalue weighted by Gasteiger charge is 2.37. The van der Waals surface area contributed by atoms with Crippen LogP contribution in [-0.2, 0) is 4.74 Å². The van der Waals surface area contributed by atoms with E-state index in [0.29, 0.717) is 6.61 Å². The van der Waals surface area contributed by atoms with E-state index in [1.54, 1.807) is 0 Å². The lowest BCUT2D eigenvalue weighted by molar-refractivity contribution is -0.137. The fourth-order valence-electron chi connectivity index (χ4n) is 1.60. The van der Waals surface area contributed by atoms with Crippen molar-refractivity contribution in [2.24, 2.45) is 5.41 Å². The Labute approximate surface area is 73.4 Å². The van der Waals surface area contributed by atoms with Crippen molar-refractivity contribution >= 4 is 0 Å². The Morgan fingerprint density at radius 1 is 1.50 bits per heavy atom. The summed E-state index contributed by atoms with van der Waals surface area (Å²) in [5.74, 6) is 0. The molecule has 0 bridgehead atoms. The lowest BCUT2D eigenvalue weighted by Crippen LogP contribution is -2.46. The first-order chi connectivity index (χ1) is 5.58. The van der Waals surface area contributed by atoms with Gasteiger partial charge in [-0.1, -0.05) is 13.8 Å². The number of hydrogen-bond donors (Lipinski definition) is 2. The van der Waals surface area contributed by atoms with Crippen LogP contribution in [0, 0.1) is 5.41 Å². The van der Waals surface area contributed by atoms with Crippen LogP contribution in [0.15, 0.2) is 0 Å². The molecule has 1 aliphatic rings. The minimum atomic E-state index is -0.416. The van der Waals surface area contributed by atoms with E-state index in [2.05, 4.69) is 0 Å². The maximum Gasteiger partial charge on any atom is 0.0906 e. The Hall–Kier alpha value is -0.120. The van der Waals surface area contributed by atoms with Crippen molar-refractivity contribution in [1.82, 2.24) is 0 Å². The van der Waals surface area contributed by atoms with Gasteiger partial charge in [0.25, 0.3) is 0 Å². The average molecular weight is 174 g/mol. The summed E-state index contributed by atoms with van der Waals surface area (Å²) in [7, 11) is 0. The monoisotopic (exact) mass is 174 g/mol. The average Bonchev–Trinajstić information content (AvgIpc) is 2.05. The van der Waals surface area contributed by atoms with Gasteiger partial charge in [-0.3, -0.25) is 0 Å². The molecule has 0 spiro atoms. The second-order valence-electron chi connectivity index (χ2n) is 4.15. The number of ether oxygens (including phenoxy) is 1. The molecule has 2 atom stereocenters. The van der Waals surface area contributed by atoms with Crippen LogP contribution < -0.4 is 0 Å². The SMILES string of the molecule is CC(C)(CO)C1OCCCC1O. The Kier molecular flexibility index (Phi) is 3.09. The van der Waals surface area contributed by atoms with Crippen molar-refractivity contribution in [2.75, 3.05) is 13.2 Å². The molecule has 0 aromatic heterocycles. The van der Waals surface area contributed by atoms with Crippen LogP contribution >= 0.6 is 0 Å². The third-order valence-electron chi connectivity index (χ3n) is 2.47. The zero-order valence-corrected chi connectivity index (χ0v) is 7.79. The summed E-state index contributed by atoms with van der Waals surface area (Å²) in [4.78, 5) is 0. The fourth-order valence-corrected chi connectivity index (χ4v) is 1.60. The van der Waals surface area contributed by atoms with E-state index in [9.17, 15) is 5.11 Å². The van der Waals surface area contributed by atoms with Crippen LogP contribution in [0.3, 0.4) is 0 Å². The second kappa shape index (κ2) is 3.73. The summed E-state index contributed by atoms with van der Waals surface area (Å²) in [6.07, 6.45) is 1.07. The van der Waals surface area contributed by atoms with Gasteiger partial charge >= 0.3 is 0 Å². The Morgan fingerprint density at radius 2 is 2.17 bits per heavy atom. The van der Waals surface area contributed by atoms with Gasteiger partial charge < -0.3 is 14.9 Å². The lowest BCUT2D eigenvalue weighted by Gasteiger charge is -2.38. The zero-order valence-electron chi connectivity index (χ0n) is 7.79. The highest BCUT2D eigenvalue weighted by molar-refractivity contribution is 4.86. The summed E-state index contributed by atoms with van der Waals surface area (Å²) in [5.41, 5.74) is -0.333. The maximum absolute atomic E-state index is 9.60. The molecule has 0 aliphatic carbocycles. The third-order valence-corrected chi connectivity index (χ3v) is 2.47. The van der Waals surface area contributed by atoms with E-state index in [-0.39, 0.29) is 18.1 Å². The lowest BCUT2D eigenvalue weighted by atomic mass is 9.82. The van der Waals surface area contributed by atoms with E-state index in [1.165, 1.54) is 0 Å². The maximum atomic E-state index is 9.60. The quantitative estimate of drug-likeness (QED) is 0.642. The first-order valence-corrected chi connectivity index (χ1v) is 4.48. The molecule has 2 unspecified atom stereocenters. The molecule has 1 fully saturated rings. The van der Waals surface area contributed by atoms with Gasteiger partial charge in [-0.05, 0) is 12.8 Å². The van der Waals surface area contributed by atoms with Gasteiger partial charge in [0.2, 0.25) is 0 Å². The van der Waals surface area contributed by atoms with E-state index >= 15 is 0 Å². The van der Waals surface area contributed by atoms with Gasteiger partial charge in [-0.25, -0.2) is 0 Å². The van der Waals surface area contributed by atoms with Crippen molar-refractivity contribution in [3.8, 4) is 0 Å². The van der Waals surface area contributed by atoms with Crippen LogP contribution in [0.2, 0.25) is 0 Å². The fraction of sp³-hybridized carbons (Fsp3) is 1.00. The molecule has 0 aromatic rings. The van der Waals surface area contributed by atoms with Crippen molar-refractivity contribution in [1.29, 1.82) is 0 Å². The van der Waals surface area contributed by atoms with Crippen molar-refractivity contribution in [2.45, 2.75) is 38.9 Å². The van der Waals surface area contributed by atoms with E-state index < -0.39 is 6.10 Å². The molecule has 1 saturated heterocycles. The van der Waals surface area contributed by atoms with Crippen LogP contribution in [0.1, 0.15) is 26.7 Å². The Bertz CT molecular complexity index is 145. The second-order valence-corrected chi connectivity index (χ2v) is 4.15. The number of rotatable bonds is 2. The molecule has 2 N–H and O–H groups in total. The van der Waals surface area contributed by atoms with Crippen LogP contribution in [-0.4, -0.2) is 35.6 Å².